The van der Waals surface area contributed by atoms with Crippen molar-refractivity contribution in [2.24, 2.45) is 0 Å². The van der Waals surface area contributed by atoms with Crippen LogP contribution in [0.4, 0.5) is 0 Å². The molecule has 0 aromatic heterocycles. The van der Waals surface area contributed by atoms with Gasteiger partial charge in [-0.25, -0.2) is 0 Å². The summed E-state index contributed by atoms with van der Waals surface area (Å²) in [5.74, 6) is 0.885. The average Bonchev–Trinajstić information content (AvgIpc) is 2.47. The van der Waals surface area contributed by atoms with E-state index in [1.807, 2.05) is 24.3 Å². The maximum Gasteiger partial charge on any atom is 0.124 e. The van der Waals surface area contributed by atoms with Crippen LogP contribution in [0.25, 0.3) is 0 Å². The Bertz CT molecular complexity index is 549. The summed E-state index contributed by atoms with van der Waals surface area (Å²) < 4.78 is 5.92. The summed E-state index contributed by atoms with van der Waals surface area (Å²) in [6.45, 7) is 5.68. The van der Waals surface area contributed by atoms with E-state index in [9.17, 15) is 5.11 Å². The number of hydrogen-bond acceptors (Lipinski definition) is 3. The van der Waals surface area contributed by atoms with E-state index >= 15 is 0 Å². The SMILES string of the molecule is Cc1ccc(COc2ccccc2CNC[C@H](C)O)cc1. The monoisotopic (exact) mass is 285 g/mol. The van der Waals surface area contributed by atoms with Crippen molar-refractivity contribution in [1.82, 2.24) is 5.32 Å². The minimum Gasteiger partial charge on any atom is -0.489 e. The Hall–Kier alpha value is -1.84. The molecule has 2 N–H and O–H groups in total. The van der Waals surface area contributed by atoms with Crippen molar-refractivity contribution < 1.29 is 9.84 Å². The predicted octanol–water partition coefficient (Wildman–Crippen LogP) is 3.04. The van der Waals surface area contributed by atoms with Gasteiger partial charge in [0, 0.05) is 18.7 Å². The predicted molar refractivity (Wildman–Crippen MR) is 85.3 cm³/mol. The number of aliphatic hydroxyl groups excluding tert-OH is 1. The van der Waals surface area contributed by atoms with Gasteiger partial charge in [0.25, 0.3) is 0 Å². The molecule has 0 saturated carbocycles. The zero-order chi connectivity index (χ0) is 15.1. The van der Waals surface area contributed by atoms with E-state index in [1.54, 1.807) is 6.92 Å². The maximum absolute atomic E-state index is 9.28. The van der Waals surface area contributed by atoms with Crippen molar-refractivity contribution in [2.75, 3.05) is 6.54 Å². The van der Waals surface area contributed by atoms with E-state index in [2.05, 4.69) is 36.5 Å². The largest absolute Gasteiger partial charge is 0.489 e. The molecule has 21 heavy (non-hydrogen) atoms. The van der Waals surface area contributed by atoms with Gasteiger partial charge in [-0.1, -0.05) is 48.0 Å². The molecule has 1 atom stereocenters. The van der Waals surface area contributed by atoms with Crippen molar-refractivity contribution in [1.29, 1.82) is 0 Å². The lowest BCUT2D eigenvalue weighted by atomic mass is 10.1. The van der Waals surface area contributed by atoms with E-state index in [0.29, 0.717) is 19.7 Å². The minimum atomic E-state index is -0.342. The van der Waals surface area contributed by atoms with Gasteiger partial charge in [0.1, 0.15) is 12.4 Å². The second kappa shape index (κ2) is 7.81. The Morgan fingerprint density at radius 3 is 2.52 bits per heavy atom. The molecular weight excluding hydrogens is 262 g/mol. The van der Waals surface area contributed by atoms with Crippen LogP contribution in [0.1, 0.15) is 23.6 Å². The lowest BCUT2D eigenvalue weighted by Crippen LogP contribution is -2.24. The summed E-state index contributed by atoms with van der Waals surface area (Å²) in [7, 11) is 0. The number of para-hydroxylation sites is 1. The Kier molecular flexibility index (Phi) is 5.78. The first-order valence-corrected chi connectivity index (χ1v) is 7.30. The number of aryl methyl sites for hydroxylation is 1. The zero-order valence-electron chi connectivity index (χ0n) is 12.7. The van der Waals surface area contributed by atoms with E-state index in [-0.39, 0.29) is 6.10 Å². The lowest BCUT2D eigenvalue weighted by molar-refractivity contribution is 0.190. The van der Waals surface area contributed by atoms with Gasteiger partial charge in [0.15, 0.2) is 0 Å². The molecular formula is C18H23NO2. The normalized spacial score (nSPS) is 12.1. The molecule has 0 radical (unpaired) electrons. The van der Waals surface area contributed by atoms with Crippen LogP contribution in [-0.2, 0) is 13.2 Å². The van der Waals surface area contributed by atoms with Gasteiger partial charge >= 0.3 is 0 Å². The van der Waals surface area contributed by atoms with E-state index in [0.717, 1.165) is 16.9 Å². The standard InChI is InChI=1S/C18H23NO2/c1-14-7-9-16(10-8-14)13-21-18-6-4-3-5-17(18)12-19-11-15(2)20/h3-10,15,19-20H,11-13H2,1-2H3/t15-/m0/s1. The van der Waals surface area contributed by atoms with Gasteiger partial charge in [0.2, 0.25) is 0 Å². The van der Waals surface area contributed by atoms with Gasteiger partial charge in [-0.2, -0.15) is 0 Å². The molecule has 112 valence electrons. The highest BCUT2D eigenvalue weighted by molar-refractivity contribution is 5.33. The molecule has 0 spiro atoms. The van der Waals surface area contributed by atoms with Crippen LogP contribution in [0.15, 0.2) is 48.5 Å². The molecule has 0 bridgehead atoms. The highest BCUT2D eigenvalue weighted by atomic mass is 16.5. The molecule has 0 unspecified atom stereocenters. The fourth-order valence-electron chi connectivity index (χ4n) is 2.05. The number of nitrogens with one attached hydrogen (secondary N) is 1. The molecule has 0 aliphatic heterocycles. The summed E-state index contributed by atoms with van der Waals surface area (Å²) in [6, 6.07) is 16.4. The molecule has 0 aliphatic rings. The van der Waals surface area contributed by atoms with Crippen molar-refractivity contribution in [3.05, 3.63) is 65.2 Å². The number of rotatable bonds is 7. The second-order valence-electron chi connectivity index (χ2n) is 5.36. The molecule has 3 heteroatoms. The third-order valence-electron chi connectivity index (χ3n) is 3.24. The third kappa shape index (κ3) is 5.21. The lowest BCUT2D eigenvalue weighted by Gasteiger charge is -2.13. The quantitative estimate of drug-likeness (QED) is 0.821. The topological polar surface area (TPSA) is 41.5 Å². The van der Waals surface area contributed by atoms with Crippen LogP contribution in [0.5, 0.6) is 5.75 Å². The molecule has 0 saturated heterocycles. The molecule has 0 heterocycles. The van der Waals surface area contributed by atoms with E-state index in [4.69, 9.17) is 4.74 Å². The van der Waals surface area contributed by atoms with Crippen LogP contribution in [0.3, 0.4) is 0 Å². The Morgan fingerprint density at radius 1 is 1.10 bits per heavy atom. The molecule has 0 fully saturated rings. The van der Waals surface area contributed by atoms with Gasteiger partial charge in [-0.3, -0.25) is 0 Å². The first kappa shape index (κ1) is 15.5. The highest BCUT2D eigenvalue weighted by Gasteiger charge is 2.04. The van der Waals surface area contributed by atoms with Gasteiger partial charge in [-0.15, -0.1) is 0 Å². The molecule has 2 rings (SSSR count). The minimum absolute atomic E-state index is 0.342. The van der Waals surface area contributed by atoms with E-state index < -0.39 is 0 Å². The fraction of sp³-hybridized carbons (Fsp3) is 0.333. The number of benzene rings is 2. The van der Waals surface area contributed by atoms with Crippen molar-refractivity contribution >= 4 is 0 Å². The van der Waals surface area contributed by atoms with Crippen LogP contribution >= 0.6 is 0 Å². The second-order valence-corrected chi connectivity index (χ2v) is 5.36. The Labute approximate surface area is 126 Å². The van der Waals surface area contributed by atoms with Crippen LogP contribution < -0.4 is 10.1 Å². The fourth-order valence-corrected chi connectivity index (χ4v) is 2.05. The Morgan fingerprint density at radius 2 is 1.81 bits per heavy atom. The van der Waals surface area contributed by atoms with Crippen LogP contribution in [0, 0.1) is 6.92 Å². The number of aliphatic hydroxyl groups is 1. The van der Waals surface area contributed by atoms with Gasteiger partial charge in [0.05, 0.1) is 6.10 Å². The average molecular weight is 285 g/mol. The smallest absolute Gasteiger partial charge is 0.124 e. The molecule has 2 aromatic carbocycles. The summed E-state index contributed by atoms with van der Waals surface area (Å²) in [5, 5.41) is 12.5. The molecule has 0 aliphatic carbocycles. The number of hydrogen-bond donors (Lipinski definition) is 2. The van der Waals surface area contributed by atoms with E-state index in [1.165, 1.54) is 5.56 Å². The van der Waals surface area contributed by atoms with Crippen molar-refractivity contribution in [3.63, 3.8) is 0 Å². The zero-order valence-corrected chi connectivity index (χ0v) is 12.7. The van der Waals surface area contributed by atoms with Crippen molar-refractivity contribution in [2.45, 2.75) is 33.1 Å². The van der Waals surface area contributed by atoms with Crippen LogP contribution in [-0.4, -0.2) is 17.8 Å². The van der Waals surface area contributed by atoms with Crippen molar-refractivity contribution in [3.8, 4) is 5.75 Å². The van der Waals surface area contributed by atoms with Gasteiger partial charge in [-0.05, 0) is 25.5 Å². The summed E-state index contributed by atoms with van der Waals surface area (Å²) in [4.78, 5) is 0. The molecule has 3 nitrogen and oxygen atoms in total. The molecule has 0 amide bonds. The summed E-state index contributed by atoms with van der Waals surface area (Å²) in [6.07, 6.45) is -0.342. The third-order valence-corrected chi connectivity index (χ3v) is 3.24. The summed E-state index contributed by atoms with van der Waals surface area (Å²) >= 11 is 0. The van der Waals surface area contributed by atoms with Crippen LogP contribution in [0.2, 0.25) is 0 Å². The first-order valence-electron chi connectivity index (χ1n) is 7.30. The highest BCUT2D eigenvalue weighted by Crippen LogP contribution is 2.19. The maximum atomic E-state index is 9.28. The Balaban J connectivity index is 1.94. The molecule has 2 aromatic rings. The number of ether oxygens (including phenoxy) is 1. The van der Waals surface area contributed by atoms with Gasteiger partial charge < -0.3 is 15.2 Å². The summed E-state index contributed by atoms with van der Waals surface area (Å²) in [5.41, 5.74) is 3.51. The first-order chi connectivity index (χ1) is 10.1.